The molecule has 2 aliphatic rings. The zero-order valence-corrected chi connectivity index (χ0v) is 15.0. The number of nitrogens with one attached hydrogen (secondary N) is 1. The second kappa shape index (κ2) is 7.92. The number of carbonyl (C=O) groups excluding carboxylic acids is 2. The Labute approximate surface area is 147 Å². The lowest BCUT2D eigenvalue weighted by Gasteiger charge is -2.34. The third-order valence-electron chi connectivity index (χ3n) is 4.68. The molecule has 1 aromatic rings. The lowest BCUT2D eigenvalue weighted by Crippen LogP contribution is -2.53. The molecule has 130 valence electrons. The van der Waals surface area contributed by atoms with Crippen molar-refractivity contribution in [2.24, 2.45) is 0 Å². The Morgan fingerprint density at radius 2 is 1.79 bits per heavy atom. The molecule has 3 rings (SSSR count). The van der Waals surface area contributed by atoms with Gasteiger partial charge < -0.3 is 15.1 Å². The first-order chi connectivity index (χ1) is 11.7. The van der Waals surface area contributed by atoms with Gasteiger partial charge in [-0.1, -0.05) is 6.07 Å². The number of piperazine rings is 1. The number of nitrogens with zero attached hydrogens (tertiary/aromatic N) is 2. The molecule has 3 amide bonds. The molecule has 0 bridgehead atoms. The van der Waals surface area contributed by atoms with E-state index in [1.165, 1.54) is 35.3 Å². The van der Waals surface area contributed by atoms with Crippen molar-refractivity contribution in [1.29, 1.82) is 0 Å². The molecule has 1 aromatic carbocycles. The molecule has 0 spiro atoms. The van der Waals surface area contributed by atoms with Crippen LogP contribution in [0.2, 0.25) is 0 Å². The number of fused-ring (bicyclic) bond motifs is 1. The van der Waals surface area contributed by atoms with Crippen molar-refractivity contribution in [2.75, 3.05) is 38.5 Å². The number of hydrogen-bond acceptors (Lipinski definition) is 3. The number of aryl methyl sites for hydroxylation is 2. The van der Waals surface area contributed by atoms with E-state index >= 15 is 0 Å². The molecular weight excluding hydrogens is 322 g/mol. The Morgan fingerprint density at radius 3 is 2.54 bits per heavy atom. The van der Waals surface area contributed by atoms with Crippen LogP contribution in [0, 0.1) is 0 Å². The molecule has 0 aromatic heterocycles. The molecule has 1 saturated heterocycles. The summed E-state index contributed by atoms with van der Waals surface area (Å²) >= 11 is 1.62. The number of hydrogen-bond donors (Lipinski definition) is 1. The summed E-state index contributed by atoms with van der Waals surface area (Å²) in [6.45, 7) is 5.02. The maximum absolute atomic E-state index is 12.4. The highest BCUT2D eigenvalue weighted by Gasteiger charge is 2.23. The van der Waals surface area contributed by atoms with Crippen LogP contribution in [0.3, 0.4) is 0 Å². The second-order valence-electron chi connectivity index (χ2n) is 6.28. The van der Waals surface area contributed by atoms with Crippen LogP contribution in [0.5, 0.6) is 0 Å². The van der Waals surface area contributed by atoms with Crippen LogP contribution in [0.25, 0.3) is 0 Å². The van der Waals surface area contributed by atoms with Crippen molar-refractivity contribution in [3.63, 3.8) is 0 Å². The van der Waals surface area contributed by atoms with Gasteiger partial charge in [-0.05, 0) is 49.4 Å². The number of benzene rings is 1. The number of carbonyl (C=O) groups is 2. The van der Waals surface area contributed by atoms with Crippen LogP contribution in [0.1, 0.15) is 24.5 Å². The van der Waals surface area contributed by atoms with E-state index in [0.29, 0.717) is 38.5 Å². The Morgan fingerprint density at radius 1 is 1.08 bits per heavy atom. The molecule has 5 nitrogen and oxygen atoms in total. The van der Waals surface area contributed by atoms with Crippen LogP contribution in [-0.4, -0.2) is 60.2 Å². The smallest absolute Gasteiger partial charge is 0.317 e. The summed E-state index contributed by atoms with van der Waals surface area (Å²) in [6.07, 6.45) is 3.60. The van der Waals surface area contributed by atoms with Gasteiger partial charge in [-0.2, -0.15) is 0 Å². The monoisotopic (exact) mass is 347 g/mol. The largest absolute Gasteiger partial charge is 0.338 e. The molecule has 1 N–H and O–H groups in total. The normalized spacial score (nSPS) is 16.9. The minimum atomic E-state index is -0.0304. The molecule has 1 aliphatic heterocycles. The summed E-state index contributed by atoms with van der Waals surface area (Å²) in [5.41, 5.74) is 2.91. The summed E-state index contributed by atoms with van der Waals surface area (Å²) in [7, 11) is 0. The Balaban J connectivity index is 1.45. The minimum absolute atomic E-state index is 0.0304. The molecule has 0 unspecified atom stereocenters. The quantitative estimate of drug-likeness (QED) is 0.849. The minimum Gasteiger partial charge on any atom is -0.338 e. The van der Waals surface area contributed by atoms with Gasteiger partial charge in [0.2, 0.25) is 5.91 Å². The highest BCUT2D eigenvalue weighted by Crippen LogP contribution is 2.27. The first-order valence-electron chi connectivity index (χ1n) is 8.72. The standard InChI is InChI=1S/C18H25N3O2S/c1-2-19-18(23)21-10-8-20(9-11-21)17(22)13-24-16-7-6-14-4-3-5-15(14)12-16/h6-7,12H,2-5,8-11,13H2,1H3,(H,19,23). The van der Waals surface area contributed by atoms with E-state index in [-0.39, 0.29) is 11.9 Å². The lowest BCUT2D eigenvalue weighted by atomic mass is 10.1. The fourth-order valence-corrected chi connectivity index (χ4v) is 4.16. The van der Waals surface area contributed by atoms with Crippen LogP contribution in [0.4, 0.5) is 4.79 Å². The summed E-state index contributed by atoms with van der Waals surface area (Å²) in [4.78, 5) is 29.0. The van der Waals surface area contributed by atoms with Crippen LogP contribution < -0.4 is 5.32 Å². The van der Waals surface area contributed by atoms with Gasteiger partial charge in [0, 0.05) is 37.6 Å². The van der Waals surface area contributed by atoms with Gasteiger partial charge in [0.05, 0.1) is 5.75 Å². The Hall–Kier alpha value is -1.69. The van der Waals surface area contributed by atoms with E-state index in [1.807, 2.05) is 11.8 Å². The van der Waals surface area contributed by atoms with Crippen LogP contribution in [0.15, 0.2) is 23.1 Å². The van der Waals surface area contributed by atoms with Gasteiger partial charge >= 0.3 is 6.03 Å². The Bertz CT molecular complexity index is 612. The van der Waals surface area contributed by atoms with Crippen molar-refractivity contribution in [1.82, 2.24) is 15.1 Å². The van der Waals surface area contributed by atoms with E-state index in [9.17, 15) is 9.59 Å². The van der Waals surface area contributed by atoms with Crippen molar-refractivity contribution >= 4 is 23.7 Å². The molecule has 1 aliphatic carbocycles. The van der Waals surface area contributed by atoms with Gasteiger partial charge in [-0.25, -0.2) is 4.79 Å². The highest BCUT2D eigenvalue weighted by molar-refractivity contribution is 8.00. The second-order valence-corrected chi connectivity index (χ2v) is 7.32. The predicted molar refractivity (Wildman–Crippen MR) is 96.4 cm³/mol. The number of amides is 3. The summed E-state index contributed by atoms with van der Waals surface area (Å²) in [6, 6.07) is 6.56. The average Bonchev–Trinajstić information content (AvgIpc) is 3.07. The molecule has 1 heterocycles. The van der Waals surface area contributed by atoms with Gasteiger partial charge in [0.1, 0.15) is 0 Å². The van der Waals surface area contributed by atoms with E-state index in [0.717, 1.165) is 0 Å². The molecule has 24 heavy (non-hydrogen) atoms. The third-order valence-corrected chi connectivity index (χ3v) is 5.66. The predicted octanol–water partition coefficient (Wildman–Crippen LogP) is 2.14. The summed E-state index contributed by atoms with van der Waals surface area (Å²) < 4.78 is 0. The van der Waals surface area contributed by atoms with Crippen molar-refractivity contribution in [2.45, 2.75) is 31.1 Å². The SMILES string of the molecule is CCNC(=O)N1CCN(C(=O)CSc2ccc3c(c2)CCC3)CC1. The zero-order valence-electron chi connectivity index (χ0n) is 14.2. The van der Waals surface area contributed by atoms with Crippen LogP contribution in [-0.2, 0) is 17.6 Å². The molecule has 1 fully saturated rings. The number of rotatable bonds is 4. The molecule has 0 radical (unpaired) electrons. The number of urea groups is 1. The van der Waals surface area contributed by atoms with Crippen molar-refractivity contribution in [3.8, 4) is 0 Å². The van der Waals surface area contributed by atoms with Crippen LogP contribution >= 0.6 is 11.8 Å². The van der Waals surface area contributed by atoms with Gasteiger partial charge in [0.15, 0.2) is 0 Å². The molecule has 0 saturated carbocycles. The zero-order chi connectivity index (χ0) is 16.9. The fourth-order valence-electron chi connectivity index (χ4n) is 3.30. The van der Waals surface area contributed by atoms with E-state index in [2.05, 4.69) is 23.5 Å². The average molecular weight is 347 g/mol. The van der Waals surface area contributed by atoms with Gasteiger partial charge in [-0.15, -0.1) is 11.8 Å². The molecular formula is C18H25N3O2S. The Kier molecular flexibility index (Phi) is 5.66. The van der Waals surface area contributed by atoms with E-state index < -0.39 is 0 Å². The van der Waals surface area contributed by atoms with Gasteiger partial charge in [-0.3, -0.25) is 4.79 Å². The number of thioether (sulfide) groups is 1. The van der Waals surface area contributed by atoms with Crippen molar-refractivity contribution < 1.29 is 9.59 Å². The topological polar surface area (TPSA) is 52.7 Å². The van der Waals surface area contributed by atoms with E-state index in [1.54, 1.807) is 16.7 Å². The first kappa shape index (κ1) is 17.1. The maximum Gasteiger partial charge on any atom is 0.317 e. The van der Waals surface area contributed by atoms with Crippen molar-refractivity contribution in [3.05, 3.63) is 29.3 Å². The lowest BCUT2D eigenvalue weighted by molar-refractivity contribution is -0.129. The third kappa shape index (κ3) is 4.04. The van der Waals surface area contributed by atoms with E-state index in [4.69, 9.17) is 0 Å². The molecule has 6 heteroatoms. The fraction of sp³-hybridized carbons (Fsp3) is 0.556. The summed E-state index contributed by atoms with van der Waals surface area (Å²) in [5, 5.41) is 2.81. The summed E-state index contributed by atoms with van der Waals surface area (Å²) in [5.74, 6) is 0.635. The maximum atomic E-state index is 12.4. The highest BCUT2D eigenvalue weighted by atomic mass is 32.2. The molecule has 0 atom stereocenters. The first-order valence-corrected chi connectivity index (χ1v) is 9.71. The van der Waals surface area contributed by atoms with Gasteiger partial charge in [0.25, 0.3) is 0 Å².